The van der Waals surface area contributed by atoms with Crippen LogP contribution in [0, 0.1) is 10.1 Å². The Morgan fingerprint density at radius 1 is 1.46 bits per heavy atom. The van der Waals surface area contributed by atoms with Crippen molar-refractivity contribution in [3.8, 4) is 0 Å². The van der Waals surface area contributed by atoms with Gasteiger partial charge in [-0.15, -0.1) is 0 Å². The van der Waals surface area contributed by atoms with Crippen molar-refractivity contribution in [3.63, 3.8) is 0 Å². The van der Waals surface area contributed by atoms with Gasteiger partial charge in [0.05, 0.1) is 6.54 Å². The minimum atomic E-state index is -0.477. The Bertz CT molecular complexity index is 338. The Morgan fingerprint density at radius 2 is 2.23 bits per heavy atom. The van der Waals surface area contributed by atoms with E-state index in [1.165, 1.54) is 0 Å². The van der Waals surface area contributed by atoms with Crippen molar-refractivity contribution in [1.29, 1.82) is 0 Å². The van der Waals surface area contributed by atoms with Crippen LogP contribution in [0.2, 0.25) is 0 Å². The zero-order valence-electron chi connectivity index (χ0n) is 7.06. The molecule has 2 rings (SSSR count). The van der Waals surface area contributed by atoms with Crippen molar-refractivity contribution in [2.45, 2.75) is 12.5 Å². The van der Waals surface area contributed by atoms with E-state index in [0.29, 0.717) is 13.0 Å². The largest absolute Gasteiger partial charge is 0.378 e. The van der Waals surface area contributed by atoms with Crippen LogP contribution in [0.5, 0.6) is 0 Å². The second-order valence-corrected chi connectivity index (χ2v) is 3.18. The summed E-state index contributed by atoms with van der Waals surface area (Å²) in [4.78, 5) is 10.3. The Kier molecular flexibility index (Phi) is 1.88. The highest BCUT2D eigenvalue weighted by Gasteiger charge is 2.25. The summed E-state index contributed by atoms with van der Waals surface area (Å²) in [7, 11) is 0. The lowest BCUT2D eigenvalue weighted by Gasteiger charge is -2.20. The second-order valence-electron chi connectivity index (χ2n) is 3.18. The molecule has 0 saturated carbocycles. The van der Waals surface area contributed by atoms with Gasteiger partial charge in [-0.3, -0.25) is 10.1 Å². The monoisotopic (exact) mass is 178 g/mol. The Labute approximate surface area is 75.7 Å². The number of fused-ring (bicyclic) bond motifs is 1. The molecule has 0 aromatic heterocycles. The molecule has 1 atom stereocenters. The lowest BCUT2D eigenvalue weighted by Crippen LogP contribution is -2.34. The van der Waals surface area contributed by atoms with Gasteiger partial charge in [0.25, 0.3) is 0 Å². The molecule has 0 saturated heterocycles. The molecule has 1 heterocycles. The number of anilines is 1. The summed E-state index contributed by atoms with van der Waals surface area (Å²) in [5, 5.41) is 13.6. The fourth-order valence-electron chi connectivity index (χ4n) is 1.57. The maximum atomic E-state index is 10.5. The fraction of sp³-hybridized carbons (Fsp3) is 0.333. The predicted octanol–water partition coefficient (Wildman–Crippen LogP) is 1.30. The third-order valence-corrected chi connectivity index (χ3v) is 2.30. The average Bonchev–Trinajstić information content (AvgIpc) is 2.17. The van der Waals surface area contributed by atoms with Gasteiger partial charge in [-0.2, -0.15) is 0 Å². The second kappa shape index (κ2) is 3.05. The van der Waals surface area contributed by atoms with Crippen LogP contribution < -0.4 is 5.32 Å². The molecule has 4 nitrogen and oxygen atoms in total. The van der Waals surface area contributed by atoms with Gasteiger partial charge in [0, 0.05) is 17.0 Å². The van der Waals surface area contributed by atoms with Crippen molar-refractivity contribution in [3.05, 3.63) is 39.9 Å². The summed E-state index contributed by atoms with van der Waals surface area (Å²) in [5.74, 6) is 0. The van der Waals surface area contributed by atoms with Crippen LogP contribution in [-0.2, 0) is 6.42 Å². The van der Waals surface area contributed by atoms with E-state index in [9.17, 15) is 10.1 Å². The number of nitrogens with zero attached hydrogens (tertiary/aromatic N) is 1. The number of rotatable bonds is 1. The standard InChI is InChI=1S/C9H10N2O2/c12-11(13)8-5-7-3-1-2-4-9(7)10-6-8/h1-4,8,10H,5-6H2. The fourth-order valence-corrected chi connectivity index (χ4v) is 1.57. The normalized spacial score (nSPS) is 20.2. The van der Waals surface area contributed by atoms with Crippen molar-refractivity contribution in [1.82, 2.24) is 0 Å². The molecule has 4 heteroatoms. The van der Waals surface area contributed by atoms with Gasteiger partial charge < -0.3 is 5.32 Å². The lowest BCUT2D eigenvalue weighted by atomic mass is 10.0. The van der Waals surface area contributed by atoms with Gasteiger partial charge in [0.2, 0.25) is 6.04 Å². The van der Waals surface area contributed by atoms with E-state index < -0.39 is 6.04 Å². The third-order valence-electron chi connectivity index (χ3n) is 2.30. The van der Waals surface area contributed by atoms with E-state index in [1.807, 2.05) is 24.3 Å². The molecule has 0 spiro atoms. The highest BCUT2D eigenvalue weighted by atomic mass is 16.6. The van der Waals surface area contributed by atoms with Gasteiger partial charge in [-0.05, 0) is 11.6 Å². The Morgan fingerprint density at radius 3 is 3.00 bits per heavy atom. The first kappa shape index (κ1) is 8.04. The molecule has 1 aromatic carbocycles. The summed E-state index contributed by atoms with van der Waals surface area (Å²) in [6, 6.07) is 7.24. The molecule has 0 amide bonds. The highest BCUT2D eigenvalue weighted by Crippen LogP contribution is 2.21. The van der Waals surface area contributed by atoms with Crippen LogP contribution in [0.1, 0.15) is 5.56 Å². The van der Waals surface area contributed by atoms with E-state index >= 15 is 0 Å². The maximum Gasteiger partial charge on any atom is 0.234 e. The third kappa shape index (κ3) is 1.47. The predicted molar refractivity (Wildman–Crippen MR) is 49.4 cm³/mol. The number of nitrogens with one attached hydrogen (secondary N) is 1. The van der Waals surface area contributed by atoms with Crippen molar-refractivity contribution in [2.24, 2.45) is 0 Å². The maximum absolute atomic E-state index is 10.5. The highest BCUT2D eigenvalue weighted by molar-refractivity contribution is 5.53. The van der Waals surface area contributed by atoms with Gasteiger partial charge in [-0.1, -0.05) is 18.2 Å². The van der Waals surface area contributed by atoms with Crippen molar-refractivity contribution < 1.29 is 4.92 Å². The van der Waals surface area contributed by atoms with Crippen LogP contribution in [0.4, 0.5) is 5.69 Å². The summed E-state index contributed by atoms with van der Waals surface area (Å²) in [5.41, 5.74) is 2.07. The SMILES string of the molecule is O=[N+]([O-])C1CNc2ccccc2C1. The molecule has 13 heavy (non-hydrogen) atoms. The molecule has 0 aliphatic carbocycles. The van der Waals surface area contributed by atoms with Crippen molar-refractivity contribution >= 4 is 5.69 Å². The zero-order chi connectivity index (χ0) is 9.26. The minimum absolute atomic E-state index is 0.219. The zero-order valence-corrected chi connectivity index (χ0v) is 7.06. The molecule has 0 fully saturated rings. The number of benzene rings is 1. The molecule has 1 aliphatic rings. The molecule has 0 bridgehead atoms. The molecule has 1 N–H and O–H groups in total. The van der Waals surface area contributed by atoms with Gasteiger partial charge in [-0.25, -0.2) is 0 Å². The molecule has 68 valence electrons. The lowest BCUT2D eigenvalue weighted by molar-refractivity contribution is -0.518. The van der Waals surface area contributed by atoms with Gasteiger partial charge in [0.15, 0.2) is 0 Å². The van der Waals surface area contributed by atoms with Crippen molar-refractivity contribution in [2.75, 3.05) is 11.9 Å². The molecular weight excluding hydrogens is 168 g/mol. The van der Waals surface area contributed by atoms with E-state index in [2.05, 4.69) is 5.32 Å². The summed E-state index contributed by atoms with van der Waals surface area (Å²) in [6.45, 7) is 0.435. The van der Waals surface area contributed by atoms with Crippen LogP contribution in [-0.4, -0.2) is 17.5 Å². The van der Waals surface area contributed by atoms with E-state index in [0.717, 1.165) is 11.3 Å². The Hall–Kier alpha value is -1.58. The summed E-state index contributed by atoms with van der Waals surface area (Å²) >= 11 is 0. The summed E-state index contributed by atoms with van der Waals surface area (Å²) < 4.78 is 0. The first-order chi connectivity index (χ1) is 6.27. The molecule has 1 aromatic rings. The first-order valence-corrected chi connectivity index (χ1v) is 4.22. The average molecular weight is 178 g/mol. The number of hydrogen-bond donors (Lipinski definition) is 1. The van der Waals surface area contributed by atoms with E-state index in [1.54, 1.807) is 0 Å². The number of hydrogen-bond acceptors (Lipinski definition) is 3. The number of nitro groups is 1. The quantitative estimate of drug-likeness (QED) is 0.521. The van der Waals surface area contributed by atoms with Crippen LogP contribution >= 0.6 is 0 Å². The molecular formula is C9H10N2O2. The first-order valence-electron chi connectivity index (χ1n) is 4.22. The molecule has 0 radical (unpaired) electrons. The smallest absolute Gasteiger partial charge is 0.234 e. The van der Waals surface area contributed by atoms with E-state index in [-0.39, 0.29) is 4.92 Å². The minimum Gasteiger partial charge on any atom is -0.378 e. The number of para-hydroxylation sites is 1. The molecule has 1 aliphatic heterocycles. The Balaban J connectivity index is 2.24. The topological polar surface area (TPSA) is 55.2 Å². The van der Waals surface area contributed by atoms with Crippen LogP contribution in [0.15, 0.2) is 24.3 Å². The molecule has 1 unspecified atom stereocenters. The van der Waals surface area contributed by atoms with Gasteiger partial charge in [0.1, 0.15) is 0 Å². The van der Waals surface area contributed by atoms with E-state index in [4.69, 9.17) is 0 Å². The summed E-state index contributed by atoms with van der Waals surface area (Å²) in [6.07, 6.45) is 0.538. The van der Waals surface area contributed by atoms with Crippen LogP contribution in [0.25, 0.3) is 0 Å². The van der Waals surface area contributed by atoms with Gasteiger partial charge >= 0.3 is 0 Å². The van der Waals surface area contributed by atoms with Crippen LogP contribution in [0.3, 0.4) is 0 Å².